The summed E-state index contributed by atoms with van der Waals surface area (Å²) in [7, 11) is 1.51. The molecular formula is C21H20N4O4. The third-order valence-electron chi connectivity index (χ3n) is 4.74. The van der Waals surface area contributed by atoms with Crippen LogP contribution < -0.4 is 15.4 Å². The maximum atomic E-state index is 12.9. The average molecular weight is 392 g/mol. The van der Waals surface area contributed by atoms with Gasteiger partial charge in [0, 0.05) is 5.69 Å². The van der Waals surface area contributed by atoms with E-state index >= 15 is 0 Å². The van der Waals surface area contributed by atoms with Crippen molar-refractivity contribution in [1.29, 1.82) is 5.26 Å². The van der Waals surface area contributed by atoms with Gasteiger partial charge >= 0.3 is 6.03 Å². The highest BCUT2D eigenvalue weighted by Gasteiger charge is 2.49. The Labute approximate surface area is 168 Å². The fraction of sp³-hybridized carbons (Fsp3) is 0.238. The van der Waals surface area contributed by atoms with E-state index in [-0.39, 0.29) is 6.42 Å². The molecule has 0 unspecified atom stereocenters. The number of urea groups is 1. The monoisotopic (exact) mass is 392 g/mol. The molecule has 2 aromatic rings. The lowest BCUT2D eigenvalue weighted by atomic mass is 9.92. The van der Waals surface area contributed by atoms with E-state index in [1.54, 1.807) is 55.5 Å². The lowest BCUT2D eigenvalue weighted by Gasteiger charge is -2.22. The van der Waals surface area contributed by atoms with E-state index in [1.807, 2.05) is 6.07 Å². The molecular weight excluding hydrogens is 372 g/mol. The fourth-order valence-electron chi connectivity index (χ4n) is 3.11. The van der Waals surface area contributed by atoms with Crippen molar-refractivity contribution in [3.8, 4) is 11.8 Å². The van der Waals surface area contributed by atoms with Crippen molar-refractivity contribution in [2.45, 2.75) is 18.9 Å². The van der Waals surface area contributed by atoms with E-state index in [9.17, 15) is 14.4 Å². The Morgan fingerprint density at radius 1 is 1.24 bits per heavy atom. The second-order valence-corrected chi connectivity index (χ2v) is 6.76. The van der Waals surface area contributed by atoms with Gasteiger partial charge in [-0.1, -0.05) is 24.3 Å². The van der Waals surface area contributed by atoms with Crippen LogP contribution in [0.15, 0.2) is 48.5 Å². The molecule has 3 rings (SSSR count). The minimum atomic E-state index is -1.29. The lowest BCUT2D eigenvalue weighted by Crippen LogP contribution is -2.42. The summed E-state index contributed by atoms with van der Waals surface area (Å²) >= 11 is 0. The topological polar surface area (TPSA) is 112 Å². The summed E-state index contributed by atoms with van der Waals surface area (Å²) in [6.45, 7) is 1.18. The van der Waals surface area contributed by atoms with Gasteiger partial charge in [-0.15, -0.1) is 0 Å². The first-order valence-electron chi connectivity index (χ1n) is 8.92. The zero-order valence-electron chi connectivity index (χ0n) is 16.1. The number of nitrogens with one attached hydrogen (secondary N) is 2. The molecule has 1 aliphatic rings. The summed E-state index contributed by atoms with van der Waals surface area (Å²) in [6.07, 6.45) is 0.277. The molecule has 1 aliphatic heterocycles. The Bertz CT molecular complexity index is 996. The van der Waals surface area contributed by atoms with Gasteiger partial charge in [-0.25, -0.2) is 4.79 Å². The highest BCUT2D eigenvalue weighted by atomic mass is 16.5. The van der Waals surface area contributed by atoms with Gasteiger partial charge in [-0.3, -0.25) is 14.5 Å². The Morgan fingerprint density at radius 3 is 2.62 bits per heavy atom. The largest absolute Gasteiger partial charge is 0.497 e. The molecule has 8 nitrogen and oxygen atoms in total. The summed E-state index contributed by atoms with van der Waals surface area (Å²) in [4.78, 5) is 38.6. The molecule has 0 radical (unpaired) electrons. The number of carbonyl (C=O) groups is 3. The maximum absolute atomic E-state index is 12.9. The van der Waals surface area contributed by atoms with Crippen molar-refractivity contribution in [3.05, 3.63) is 59.7 Å². The first-order valence-corrected chi connectivity index (χ1v) is 8.92. The summed E-state index contributed by atoms with van der Waals surface area (Å²) < 4.78 is 5.18. The number of rotatable bonds is 6. The van der Waals surface area contributed by atoms with Gasteiger partial charge < -0.3 is 15.4 Å². The Kier molecular flexibility index (Phi) is 5.50. The van der Waals surface area contributed by atoms with Crippen molar-refractivity contribution in [2.24, 2.45) is 0 Å². The van der Waals surface area contributed by atoms with Crippen LogP contribution in [0.25, 0.3) is 0 Å². The second-order valence-electron chi connectivity index (χ2n) is 6.76. The smallest absolute Gasteiger partial charge is 0.325 e. The number of imide groups is 1. The second kappa shape index (κ2) is 8.02. The number of nitrogens with zero attached hydrogens (tertiary/aromatic N) is 2. The molecule has 0 bridgehead atoms. The first-order chi connectivity index (χ1) is 13.9. The molecule has 29 heavy (non-hydrogen) atoms. The first kappa shape index (κ1) is 19.9. The SMILES string of the molecule is COc1cccc([C@]2(C)NC(=O)N(CC(=O)Nc3ccc(CC#N)cc3)C2=O)c1. The predicted molar refractivity (Wildman–Crippen MR) is 105 cm³/mol. The third-order valence-corrected chi connectivity index (χ3v) is 4.74. The van der Waals surface area contributed by atoms with E-state index < -0.39 is 29.9 Å². The molecule has 1 atom stereocenters. The number of methoxy groups -OCH3 is 1. The number of benzene rings is 2. The molecule has 1 saturated heterocycles. The molecule has 148 valence electrons. The van der Waals surface area contributed by atoms with Crippen LogP contribution in [0.3, 0.4) is 0 Å². The van der Waals surface area contributed by atoms with Gasteiger partial charge in [0.15, 0.2) is 0 Å². The number of carbonyl (C=O) groups excluding carboxylic acids is 3. The van der Waals surface area contributed by atoms with Crippen LogP contribution in [0.1, 0.15) is 18.1 Å². The molecule has 0 saturated carbocycles. The van der Waals surface area contributed by atoms with Crippen LogP contribution in [0, 0.1) is 11.3 Å². The van der Waals surface area contributed by atoms with Crippen LogP contribution in [-0.2, 0) is 21.5 Å². The summed E-state index contributed by atoms with van der Waals surface area (Å²) in [5.41, 5.74) is 0.615. The molecule has 2 aromatic carbocycles. The number of nitriles is 1. The fourth-order valence-corrected chi connectivity index (χ4v) is 3.11. The highest BCUT2D eigenvalue weighted by molar-refractivity contribution is 6.10. The van der Waals surface area contributed by atoms with Gasteiger partial charge in [0.1, 0.15) is 17.8 Å². The maximum Gasteiger partial charge on any atom is 0.325 e. The Hall–Kier alpha value is -3.86. The highest BCUT2D eigenvalue weighted by Crippen LogP contribution is 2.30. The zero-order valence-corrected chi connectivity index (χ0v) is 16.1. The van der Waals surface area contributed by atoms with Gasteiger partial charge in [-0.05, 0) is 42.3 Å². The quantitative estimate of drug-likeness (QED) is 0.732. The van der Waals surface area contributed by atoms with Crippen molar-refractivity contribution in [1.82, 2.24) is 10.2 Å². The van der Waals surface area contributed by atoms with Crippen LogP contribution in [0.5, 0.6) is 5.75 Å². The van der Waals surface area contributed by atoms with Crippen molar-refractivity contribution in [3.63, 3.8) is 0 Å². The Morgan fingerprint density at radius 2 is 1.97 bits per heavy atom. The third kappa shape index (κ3) is 4.04. The van der Waals surface area contributed by atoms with Gasteiger partial charge in [0.2, 0.25) is 5.91 Å². The molecule has 1 fully saturated rings. The number of hydrogen-bond donors (Lipinski definition) is 2. The normalized spacial score (nSPS) is 18.2. The molecule has 0 aromatic heterocycles. The van der Waals surface area contributed by atoms with Crippen LogP contribution in [-0.4, -0.2) is 36.4 Å². The minimum absolute atomic E-state index is 0.277. The van der Waals surface area contributed by atoms with E-state index in [4.69, 9.17) is 10.00 Å². The van der Waals surface area contributed by atoms with Gasteiger partial charge in [0.25, 0.3) is 5.91 Å². The van der Waals surface area contributed by atoms with Crippen molar-refractivity contribution >= 4 is 23.5 Å². The number of ether oxygens (including phenoxy) is 1. The molecule has 2 N–H and O–H groups in total. The molecule has 8 heteroatoms. The van der Waals surface area contributed by atoms with Crippen LogP contribution in [0.2, 0.25) is 0 Å². The Balaban J connectivity index is 1.71. The lowest BCUT2D eigenvalue weighted by molar-refractivity contribution is -0.133. The van der Waals surface area contributed by atoms with Gasteiger partial charge in [-0.2, -0.15) is 5.26 Å². The van der Waals surface area contributed by atoms with E-state index in [2.05, 4.69) is 10.6 Å². The average Bonchev–Trinajstić information content (AvgIpc) is 2.94. The molecule has 4 amide bonds. The summed E-state index contributed by atoms with van der Waals surface area (Å²) in [5, 5.41) is 14.0. The summed E-state index contributed by atoms with van der Waals surface area (Å²) in [5.74, 6) is -0.464. The number of hydrogen-bond acceptors (Lipinski definition) is 5. The van der Waals surface area contributed by atoms with Crippen molar-refractivity contribution in [2.75, 3.05) is 19.0 Å². The number of anilines is 1. The van der Waals surface area contributed by atoms with E-state index in [1.165, 1.54) is 7.11 Å². The molecule has 0 spiro atoms. The van der Waals surface area contributed by atoms with Gasteiger partial charge in [0.05, 0.1) is 19.6 Å². The van der Waals surface area contributed by atoms with E-state index in [0.29, 0.717) is 17.0 Å². The molecule has 0 aliphatic carbocycles. The number of amides is 4. The zero-order chi connectivity index (χ0) is 21.0. The van der Waals surface area contributed by atoms with Crippen molar-refractivity contribution < 1.29 is 19.1 Å². The minimum Gasteiger partial charge on any atom is -0.497 e. The standard InChI is InChI=1S/C21H20N4O4/c1-21(15-4-3-5-17(12-15)29-2)19(27)25(20(28)24-21)13-18(26)23-16-8-6-14(7-9-16)10-11-22/h3-9,12H,10,13H2,1-2H3,(H,23,26)(H,24,28)/t21-/m0/s1. The predicted octanol–water partition coefficient (Wildman–Crippen LogP) is 2.17. The summed E-state index contributed by atoms with van der Waals surface area (Å²) in [6, 6.07) is 15.0. The molecule has 1 heterocycles. The van der Waals surface area contributed by atoms with Crippen LogP contribution in [0.4, 0.5) is 10.5 Å². The van der Waals surface area contributed by atoms with E-state index in [0.717, 1.165) is 10.5 Å². The van der Waals surface area contributed by atoms with Crippen LogP contribution >= 0.6 is 0 Å².